The van der Waals surface area contributed by atoms with Gasteiger partial charge in [-0.25, -0.2) is 14.4 Å². The molecule has 1 N–H and O–H groups in total. The SMILES string of the molecule is CCCNC(c1cc(OC)ncn1)c1ccc(Cl)cc1F. The fraction of sp³-hybridized carbons (Fsp3) is 0.333. The maximum Gasteiger partial charge on any atom is 0.216 e. The molecule has 1 heterocycles. The van der Waals surface area contributed by atoms with Crippen LogP contribution in [0.5, 0.6) is 5.88 Å². The first kappa shape index (κ1) is 15.7. The number of hydrogen-bond donors (Lipinski definition) is 1. The first-order chi connectivity index (χ1) is 10.2. The number of rotatable bonds is 6. The fourth-order valence-electron chi connectivity index (χ4n) is 2.02. The minimum absolute atomic E-state index is 0.366. The van der Waals surface area contributed by atoms with Crippen molar-refractivity contribution in [1.29, 1.82) is 0 Å². The van der Waals surface area contributed by atoms with Crippen molar-refractivity contribution in [2.45, 2.75) is 19.4 Å². The van der Waals surface area contributed by atoms with E-state index in [-0.39, 0.29) is 11.9 Å². The molecule has 1 aromatic heterocycles. The second-order valence-corrected chi connectivity index (χ2v) is 4.97. The number of halogens is 2. The normalized spacial score (nSPS) is 12.2. The quantitative estimate of drug-likeness (QED) is 0.889. The van der Waals surface area contributed by atoms with Crippen LogP contribution in [0.1, 0.15) is 30.6 Å². The molecular weight excluding hydrogens is 293 g/mol. The average Bonchev–Trinajstić information content (AvgIpc) is 2.49. The first-order valence-electron chi connectivity index (χ1n) is 6.70. The van der Waals surface area contributed by atoms with Crippen LogP contribution in [-0.2, 0) is 0 Å². The summed E-state index contributed by atoms with van der Waals surface area (Å²) in [6, 6.07) is 5.95. The van der Waals surface area contributed by atoms with Crippen LogP contribution < -0.4 is 10.1 Å². The molecule has 0 saturated heterocycles. The van der Waals surface area contributed by atoms with E-state index in [1.165, 1.54) is 19.5 Å². The van der Waals surface area contributed by atoms with Gasteiger partial charge in [-0.3, -0.25) is 0 Å². The number of benzene rings is 1. The molecule has 2 rings (SSSR count). The molecule has 1 atom stereocenters. The number of ether oxygens (including phenoxy) is 1. The van der Waals surface area contributed by atoms with Crippen LogP contribution in [0, 0.1) is 5.82 Å². The fourth-order valence-corrected chi connectivity index (χ4v) is 2.18. The summed E-state index contributed by atoms with van der Waals surface area (Å²) in [7, 11) is 1.53. The molecule has 0 spiro atoms. The molecule has 2 aromatic rings. The molecule has 0 amide bonds. The molecule has 4 nitrogen and oxygen atoms in total. The van der Waals surface area contributed by atoms with Crippen LogP contribution in [0.3, 0.4) is 0 Å². The van der Waals surface area contributed by atoms with Gasteiger partial charge in [0, 0.05) is 16.7 Å². The van der Waals surface area contributed by atoms with Crippen LogP contribution in [-0.4, -0.2) is 23.6 Å². The molecule has 1 unspecified atom stereocenters. The van der Waals surface area contributed by atoms with Crippen LogP contribution in [0.2, 0.25) is 5.02 Å². The van der Waals surface area contributed by atoms with Crippen LogP contribution in [0.25, 0.3) is 0 Å². The van der Waals surface area contributed by atoms with E-state index >= 15 is 0 Å². The molecule has 0 fully saturated rings. The van der Waals surface area contributed by atoms with Crippen molar-refractivity contribution < 1.29 is 9.13 Å². The Labute approximate surface area is 128 Å². The maximum absolute atomic E-state index is 14.2. The van der Waals surface area contributed by atoms with Crippen molar-refractivity contribution in [2.24, 2.45) is 0 Å². The summed E-state index contributed by atoms with van der Waals surface area (Å²) in [5, 5.41) is 3.65. The summed E-state index contributed by atoms with van der Waals surface area (Å²) in [6.07, 6.45) is 2.33. The lowest BCUT2D eigenvalue weighted by atomic mass is 10.0. The number of methoxy groups -OCH3 is 1. The lowest BCUT2D eigenvalue weighted by Gasteiger charge is -2.19. The Morgan fingerprint density at radius 1 is 1.33 bits per heavy atom. The molecule has 0 bridgehead atoms. The van der Waals surface area contributed by atoms with Gasteiger partial charge in [0.05, 0.1) is 18.8 Å². The van der Waals surface area contributed by atoms with Gasteiger partial charge in [0.15, 0.2) is 0 Å². The topological polar surface area (TPSA) is 47.0 Å². The van der Waals surface area contributed by atoms with Gasteiger partial charge in [0.1, 0.15) is 12.1 Å². The second kappa shape index (κ2) is 7.33. The highest BCUT2D eigenvalue weighted by Crippen LogP contribution is 2.26. The third-order valence-electron chi connectivity index (χ3n) is 3.04. The van der Waals surface area contributed by atoms with E-state index in [0.29, 0.717) is 22.2 Å². The maximum atomic E-state index is 14.2. The summed E-state index contributed by atoms with van der Waals surface area (Å²) in [5.41, 5.74) is 1.14. The molecule has 112 valence electrons. The van der Waals surface area contributed by atoms with Crippen LogP contribution in [0.4, 0.5) is 4.39 Å². The van der Waals surface area contributed by atoms with Gasteiger partial charge in [0.2, 0.25) is 5.88 Å². The number of aromatic nitrogens is 2. The summed E-state index contributed by atoms with van der Waals surface area (Å²) in [5.74, 6) is 0.0753. The van der Waals surface area contributed by atoms with Crippen LogP contribution >= 0.6 is 11.6 Å². The molecule has 0 aliphatic heterocycles. The largest absolute Gasteiger partial charge is 0.481 e. The molecular formula is C15H17ClFN3O. The Morgan fingerprint density at radius 2 is 2.14 bits per heavy atom. The van der Waals surface area contributed by atoms with E-state index in [9.17, 15) is 4.39 Å². The van der Waals surface area contributed by atoms with Gasteiger partial charge in [0.25, 0.3) is 0 Å². The molecule has 1 aromatic carbocycles. The average molecular weight is 310 g/mol. The Bertz CT molecular complexity index is 609. The van der Waals surface area contributed by atoms with Crippen molar-refractivity contribution in [3.63, 3.8) is 0 Å². The molecule has 0 radical (unpaired) electrons. The third kappa shape index (κ3) is 3.89. The van der Waals surface area contributed by atoms with E-state index in [1.54, 1.807) is 18.2 Å². The number of hydrogen-bond acceptors (Lipinski definition) is 4. The van der Waals surface area contributed by atoms with Gasteiger partial charge in [-0.15, -0.1) is 0 Å². The Balaban J connectivity index is 2.41. The smallest absolute Gasteiger partial charge is 0.216 e. The second-order valence-electron chi connectivity index (χ2n) is 4.54. The van der Waals surface area contributed by atoms with Gasteiger partial charge >= 0.3 is 0 Å². The van der Waals surface area contributed by atoms with Crippen LogP contribution in [0.15, 0.2) is 30.6 Å². The van der Waals surface area contributed by atoms with Crippen molar-refractivity contribution in [1.82, 2.24) is 15.3 Å². The summed E-state index contributed by atoms with van der Waals surface area (Å²) in [6.45, 7) is 2.78. The highest BCUT2D eigenvalue weighted by Gasteiger charge is 2.19. The predicted octanol–water partition coefficient (Wildman–Crippen LogP) is 3.37. The minimum atomic E-state index is -0.376. The number of nitrogens with one attached hydrogen (secondary N) is 1. The zero-order valence-electron chi connectivity index (χ0n) is 11.9. The predicted molar refractivity (Wildman–Crippen MR) is 80.1 cm³/mol. The Hall–Kier alpha value is -1.72. The Morgan fingerprint density at radius 3 is 2.81 bits per heavy atom. The molecule has 0 aliphatic rings. The van der Waals surface area contributed by atoms with Crippen molar-refractivity contribution in [3.8, 4) is 5.88 Å². The summed E-state index contributed by atoms with van der Waals surface area (Å²) >= 11 is 5.81. The van der Waals surface area contributed by atoms with E-state index < -0.39 is 0 Å². The highest BCUT2D eigenvalue weighted by molar-refractivity contribution is 6.30. The lowest BCUT2D eigenvalue weighted by molar-refractivity contribution is 0.394. The van der Waals surface area contributed by atoms with E-state index in [4.69, 9.17) is 16.3 Å². The zero-order valence-corrected chi connectivity index (χ0v) is 12.7. The molecule has 6 heteroatoms. The highest BCUT2D eigenvalue weighted by atomic mass is 35.5. The monoisotopic (exact) mass is 309 g/mol. The van der Waals surface area contributed by atoms with Gasteiger partial charge in [-0.05, 0) is 25.1 Å². The zero-order chi connectivity index (χ0) is 15.2. The molecule has 21 heavy (non-hydrogen) atoms. The standard InChI is InChI=1S/C15H17ClFN3O/c1-3-6-18-15(11-5-4-10(16)7-12(11)17)13-8-14(21-2)20-9-19-13/h4-5,7-9,15,18H,3,6H2,1-2H3. The van der Waals surface area contributed by atoms with E-state index in [0.717, 1.165) is 13.0 Å². The van der Waals surface area contributed by atoms with Gasteiger partial charge < -0.3 is 10.1 Å². The summed E-state index contributed by atoms with van der Waals surface area (Å²) in [4.78, 5) is 8.20. The van der Waals surface area contributed by atoms with Crippen molar-refractivity contribution in [3.05, 3.63) is 52.7 Å². The third-order valence-corrected chi connectivity index (χ3v) is 3.28. The van der Waals surface area contributed by atoms with E-state index in [2.05, 4.69) is 15.3 Å². The van der Waals surface area contributed by atoms with Gasteiger partial charge in [-0.2, -0.15) is 0 Å². The van der Waals surface area contributed by atoms with Gasteiger partial charge in [-0.1, -0.05) is 24.6 Å². The van der Waals surface area contributed by atoms with E-state index in [1.807, 2.05) is 6.92 Å². The van der Waals surface area contributed by atoms with Crippen molar-refractivity contribution >= 4 is 11.6 Å². The molecule has 0 saturated carbocycles. The lowest BCUT2D eigenvalue weighted by Crippen LogP contribution is -2.25. The molecule has 0 aliphatic carbocycles. The first-order valence-corrected chi connectivity index (χ1v) is 7.07. The van der Waals surface area contributed by atoms with Crippen molar-refractivity contribution in [2.75, 3.05) is 13.7 Å². The number of nitrogens with zero attached hydrogens (tertiary/aromatic N) is 2. The minimum Gasteiger partial charge on any atom is -0.481 e. The summed E-state index contributed by atoms with van der Waals surface area (Å²) < 4.78 is 19.3. The Kier molecular flexibility index (Phi) is 5.47.